The van der Waals surface area contributed by atoms with Crippen LogP contribution < -0.4 is 0 Å². The molecule has 0 aromatic carbocycles. The molecule has 0 aromatic heterocycles. The van der Waals surface area contributed by atoms with E-state index < -0.39 is 84.2 Å². The van der Waals surface area contributed by atoms with E-state index in [1.165, 1.54) is 27.7 Å². The normalized spacial score (nSPS) is 29.4. The Morgan fingerprint density at radius 2 is 1.03 bits per heavy atom. The molecule has 1 aliphatic rings. The summed E-state index contributed by atoms with van der Waals surface area (Å²) in [4.78, 5) is 63.3. The highest BCUT2D eigenvalue weighted by molar-refractivity contribution is 5.78. The average molecular weight is 493 g/mol. The monoisotopic (exact) mass is 492 g/mol. The van der Waals surface area contributed by atoms with E-state index in [4.69, 9.17) is 33.9 Å². The summed E-state index contributed by atoms with van der Waals surface area (Å²) in [5, 5.41) is 0. The van der Waals surface area contributed by atoms with Gasteiger partial charge in [-0.15, -0.1) is 0 Å². The van der Waals surface area contributed by atoms with Gasteiger partial charge in [0.15, 0.2) is 18.3 Å². The zero-order valence-corrected chi connectivity index (χ0v) is 20.0. The highest BCUT2D eigenvalue weighted by Crippen LogP contribution is 2.32. The fourth-order valence-electron chi connectivity index (χ4n) is 2.58. The van der Waals surface area contributed by atoms with Gasteiger partial charge in [-0.2, -0.15) is 0 Å². The van der Waals surface area contributed by atoms with E-state index in [1.54, 1.807) is 0 Å². The van der Waals surface area contributed by atoms with Crippen LogP contribution in [0.15, 0.2) is 0 Å². The number of carbonyl (C=O) groups excluding carboxylic acids is 5. The van der Waals surface area contributed by atoms with Crippen molar-refractivity contribution in [2.24, 2.45) is 23.7 Å². The molecule has 0 spiro atoms. The molecule has 1 fully saturated rings. The predicted molar refractivity (Wildman–Crippen MR) is 116 cm³/mol. The molecule has 194 valence electrons. The van der Waals surface area contributed by atoms with Crippen molar-refractivity contribution in [3.05, 3.63) is 0 Å². The lowest BCUT2D eigenvalue weighted by molar-refractivity contribution is -0.297. The number of carbonyl (C=O) groups is 5. The second kappa shape index (κ2) is 12.7. The summed E-state index contributed by atoms with van der Waals surface area (Å²) in [6, 6.07) is 0. The molecule has 0 saturated carbocycles. The van der Waals surface area contributed by atoms with E-state index >= 15 is 0 Å². The molecule has 0 bridgehead atoms. The summed E-state index contributed by atoms with van der Waals surface area (Å²) in [7, 11) is 1.01. The van der Waals surface area contributed by atoms with Crippen LogP contribution in [-0.2, 0) is 52.4 Å². The molecule has 1 heterocycles. The van der Waals surface area contributed by atoms with E-state index in [9.17, 15) is 24.0 Å². The minimum Gasteiger partial charge on any atom is -0.467 e. The number of ether oxygens (including phenoxy) is 6. The third-order valence-corrected chi connectivity index (χ3v) is 4.53. The first kappa shape index (κ1) is 23.1. The summed E-state index contributed by atoms with van der Waals surface area (Å²) < 4.78 is 61.8. The molecule has 0 radical (unpaired) electrons. The lowest BCUT2D eigenvalue weighted by Gasteiger charge is -2.43. The van der Waals surface area contributed by atoms with E-state index in [0.29, 0.717) is 0 Å². The first-order valence-corrected chi connectivity index (χ1v) is 10.6. The maximum Gasteiger partial charge on any atom is 0.339 e. The molecule has 1 rings (SSSR count). The Hall–Kier alpha value is -2.69. The van der Waals surface area contributed by atoms with Crippen LogP contribution in [0.25, 0.3) is 0 Å². The Balaban J connectivity index is 3.68. The molecular formula is C23H36O11. The standard InChI is InChI=1S/C23H36O11/c1-10(2)18(24)30-14-15(31-19(25)11(3)4)17(32-20(26)12(5)6)23(34-21(27)13(7)8)33-16(14)22(28)29-9/h10-17,23H,1-9H3/t14-,15-,16-,17+,23?/m0/s1/i1D,3D,5D,7D/t10?,11?,12?,13?,14-,15-,16-,17+,23?. The predicted octanol–water partition coefficient (Wildman–Crippen LogP) is 1.79. The zero-order valence-electron chi connectivity index (χ0n) is 24.0. The van der Waals surface area contributed by atoms with E-state index in [2.05, 4.69) is 0 Å². The number of rotatable bonds is 9. The highest BCUT2D eigenvalue weighted by Gasteiger charge is 2.57. The van der Waals surface area contributed by atoms with Gasteiger partial charge in [-0.05, 0) is 0 Å². The topological polar surface area (TPSA) is 141 Å². The van der Waals surface area contributed by atoms with Gasteiger partial charge in [0.05, 0.1) is 30.8 Å². The fourth-order valence-corrected chi connectivity index (χ4v) is 2.58. The molecule has 1 aliphatic heterocycles. The molecule has 0 aliphatic carbocycles. The maximum absolute atomic E-state index is 12.7. The van der Waals surface area contributed by atoms with E-state index in [0.717, 1.165) is 7.11 Å². The van der Waals surface area contributed by atoms with Gasteiger partial charge in [-0.25, -0.2) is 4.79 Å². The van der Waals surface area contributed by atoms with Crippen LogP contribution >= 0.6 is 0 Å². The summed E-state index contributed by atoms with van der Waals surface area (Å²) in [5.74, 6) is -8.80. The van der Waals surface area contributed by atoms with Crippen molar-refractivity contribution >= 4 is 29.8 Å². The third-order valence-electron chi connectivity index (χ3n) is 4.53. The summed E-state index contributed by atoms with van der Waals surface area (Å²) in [6.07, 6.45) is -9.00. The van der Waals surface area contributed by atoms with Crippen molar-refractivity contribution in [2.45, 2.75) is 86.0 Å². The first-order chi connectivity index (χ1) is 17.9. The Bertz CT molecular complexity index is 842. The van der Waals surface area contributed by atoms with E-state index in [1.807, 2.05) is 0 Å². The Morgan fingerprint density at radius 1 is 0.647 bits per heavy atom. The van der Waals surface area contributed by atoms with Crippen LogP contribution in [0.2, 0.25) is 0 Å². The molecular weight excluding hydrogens is 452 g/mol. The SMILES string of the molecule is [2H]CC(C)C(=O)OC1O[C@H](C(=O)OC)[C@@H](OC(=O)C(C)C[2H])[C@H](OC(=O)C(C)C[2H])[C@H]1OC(=O)C(C)C[2H]. The number of esters is 5. The van der Waals surface area contributed by atoms with Crippen molar-refractivity contribution in [2.75, 3.05) is 7.11 Å². The lowest BCUT2D eigenvalue weighted by atomic mass is 9.97. The van der Waals surface area contributed by atoms with Gasteiger partial charge in [0, 0.05) is 5.48 Å². The summed E-state index contributed by atoms with van der Waals surface area (Å²) in [5.41, 5.74) is 0. The van der Waals surface area contributed by atoms with Crippen molar-refractivity contribution in [1.29, 1.82) is 0 Å². The van der Waals surface area contributed by atoms with Crippen LogP contribution in [0.1, 0.15) is 60.8 Å². The number of hydrogen-bond donors (Lipinski definition) is 0. The Kier molecular flexibility index (Phi) is 8.61. The highest BCUT2D eigenvalue weighted by atomic mass is 16.7. The quantitative estimate of drug-likeness (QED) is 0.343. The van der Waals surface area contributed by atoms with Crippen molar-refractivity contribution < 1.29 is 57.9 Å². The molecule has 9 atom stereocenters. The minimum absolute atomic E-state index is 0.364. The van der Waals surface area contributed by atoms with Crippen molar-refractivity contribution in [3.8, 4) is 0 Å². The Labute approximate surface area is 205 Å². The zero-order chi connectivity index (χ0) is 29.2. The third kappa shape index (κ3) is 7.68. The molecule has 0 N–H and O–H groups in total. The molecule has 11 heteroatoms. The van der Waals surface area contributed by atoms with Crippen LogP contribution in [0.3, 0.4) is 0 Å². The van der Waals surface area contributed by atoms with Crippen molar-refractivity contribution in [1.82, 2.24) is 0 Å². The van der Waals surface area contributed by atoms with Crippen LogP contribution in [0.4, 0.5) is 0 Å². The van der Waals surface area contributed by atoms with Crippen LogP contribution in [-0.4, -0.2) is 67.7 Å². The van der Waals surface area contributed by atoms with Crippen LogP contribution in [0, 0.1) is 23.7 Å². The van der Waals surface area contributed by atoms with Gasteiger partial charge >= 0.3 is 29.8 Å². The second-order valence-corrected chi connectivity index (χ2v) is 8.19. The lowest BCUT2D eigenvalue weighted by Crippen LogP contribution is -2.64. The van der Waals surface area contributed by atoms with Crippen molar-refractivity contribution in [3.63, 3.8) is 0 Å². The largest absolute Gasteiger partial charge is 0.467 e. The molecule has 1 saturated heterocycles. The number of hydrogen-bond acceptors (Lipinski definition) is 11. The maximum atomic E-state index is 12.7. The molecule has 0 aromatic rings. The molecule has 0 amide bonds. The average Bonchev–Trinajstić information content (AvgIpc) is 2.92. The van der Waals surface area contributed by atoms with Gasteiger partial charge in [-0.3, -0.25) is 19.2 Å². The van der Waals surface area contributed by atoms with Gasteiger partial charge in [-0.1, -0.05) is 55.3 Å². The Morgan fingerprint density at radius 3 is 1.44 bits per heavy atom. The van der Waals surface area contributed by atoms with E-state index in [-0.39, 0.29) is 27.6 Å². The van der Waals surface area contributed by atoms with Gasteiger partial charge in [0.25, 0.3) is 0 Å². The van der Waals surface area contributed by atoms with Gasteiger partial charge < -0.3 is 28.4 Å². The minimum atomic E-state index is -1.87. The molecule has 11 nitrogen and oxygen atoms in total. The fraction of sp³-hybridized carbons (Fsp3) is 0.783. The van der Waals surface area contributed by atoms with Gasteiger partial charge in [0.1, 0.15) is 0 Å². The molecule has 5 unspecified atom stereocenters. The molecule has 34 heavy (non-hydrogen) atoms. The first-order valence-electron chi connectivity index (χ1n) is 13.4. The summed E-state index contributed by atoms with van der Waals surface area (Å²) >= 11 is 0. The second-order valence-electron chi connectivity index (χ2n) is 8.19. The van der Waals surface area contributed by atoms with Gasteiger partial charge in [0.2, 0.25) is 12.4 Å². The number of methoxy groups -OCH3 is 1. The summed E-state index contributed by atoms with van der Waals surface area (Å²) in [6.45, 7) is 4.04. The smallest absolute Gasteiger partial charge is 0.339 e. The van der Waals surface area contributed by atoms with Crippen LogP contribution in [0.5, 0.6) is 0 Å².